The summed E-state index contributed by atoms with van der Waals surface area (Å²) >= 11 is 0. The van der Waals surface area contributed by atoms with Gasteiger partial charge >= 0.3 is 11.9 Å². The Morgan fingerprint density at radius 1 is 0.774 bits per heavy atom. The van der Waals surface area contributed by atoms with Crippen LogP contribution in [0.4, 0.5) is 0 Å². The SMILES string of the molecule is CCC(O)COC(C)CO.CCCCCC(O)COC(C)CO.O=C(O)CCC(=O)O. The van der Waals surface area contributed by atoms with Crippen molar-refractivity contribution in [3.63, 3.8) is 0 Å². The van der Waals surface area contributed by atoms with Crippen molar-refractivity contribution < 1.29 is 49.7 Å². The Morgan fingerprint density at radius 2 is 1.19 bits per heavy atom. The number of hydrogen-bond donors (Lipinski definition) is 6. The van der Waals surface area contributed by atoms with Crippen molar-refractivity contribution >= 4 is 11.9 Å². The maximum absolute atomic E-state index is 9.64. The number of aliphatic hydroxyl groups is 4. The Labute approximate surface area is 185 Å². The van der Waals surface area contributed by atoms with Crippen LogP contribution in [0.25, 0.3) is 0 Å². The quantitative estimate of drug-likeness (QED) is 0.186. The zero-order valence-corrected chi connectivity index (χ0v) is 19.4. The zero-order chi connectivity index (χ0) is 24.7. The van der Waals surface area contributed by atoms with E-state index in [1.54, 1.807) is 13.8 Å². The van der Waals surface area contributed by atoms with Gasteiger partial charge in [-0.1, -0.05) is 33.1 Å². The molecular weight excluding hydrogens is 412 g/mol. The third-order valence-electron chi connectivity index (χ3n) is 3.83. The first kappa shape index (κ1) is 34.3. The highest BCUT2D eigenvalue weighted by Crippen LogP contribution is 2.04. The highest BCUT2D eigenvalue weighted by molar-refractivity contribution is 5.75. The molecule has 0 aliphatic rings. The van der Waals surface area contributed by atoms with Gasteiger partial charge in [0.05, 0.1) is 63.7 Å². The maximum atomic E-state index is 9.64. The largest absolute Gasteiger partial charge is 0.481 e. The molecule has 0 heterocycles. The molecule has 188 valence electrons. The standard InChI is InChI=1S/C10H22O3.C7H16O3.C4H6O4/c1-3-4-5-6-10(12)8-13-9(2)7-11;1-3-7(9)5-10-6(2)4-8;5-3(6)1-2-4(7)8/h9-12H,3-8H2,1-2H3;6-9H,3-5H2,1-2H3;1-2H2,(H,5,6)(H,7,8). The lowest BCUT2D eigenvalue weighted by molar-refractivity contribution is -0.143. The number of aliphatic hydroxyl groups excluding tert-OH is 4. The van der Waals surface area contributed by atoms with E-state index in [2.05, 4.69) is 6.92 Å². The van der Waals surface area contributed by atoms with Gasteiger partial charge in [0, 0.05) is 0 Å². The van der Waals surface area contributed by atoms with Crippen molar-refractivity contribution in [2.75, 3.05) is 26.4 Å². The van der Waals surface area contributed by atoms with Crippen LogP contribution >= 0.6 is 0 Å². The number of aliphatic carboxylic acids is 2. The number of unbranched alkanes of at least 4 members (excludes halogenated alkanes) is 2. The van der Waals surface area contributed by atoms with E-state index in [1.807, 2.05) is 6.92 Å². The van der Waals surface area contributed by atoms with E-state index < -0.39 is 18.0 Å². The molecular formula is C21H44O10. The average molecular weight is 457 g/mol. The minimum atomic E-state index is -1.08. The molecule has 0 aliphatic carbocycles. The highest BCUT2D eigenvalue weighted by atomic mass is 16.5. The van der Waals surface area contributed by atoms with Crippen molar-refractivity contribution in [3.05, 3.63) is 0 Å². The van der Waals surface area contributed by atoms with Crippen molar-refractivity contribution in [3.8, 4) is 0 Å². The molecule has 31 heavy (non-hydrogen) atoms. The number of carboxylic acids is 2. The topological polar surface area (TPSA) is 174 Å². The second kappa shape index (κ2) is 25.0. The molecule has 4 atom stereocenters. The van der Waals surface area contributed by atoms with E-state index in [9.17, 15) is 14.7 Å². The van der Waals surface area contributed by atoms with E-state index in [-0.39, 0.29) is 44.4 Å². The fourth-order valence-corrected chi connectivity index (χ4v) is 1.70. The van der Waals surface area contributed by atoms with Gasteiger partial charge in [-0.05, 0) is 26.7 Å². The second-order valence-electron chi connectivity index (χ2n) is 7.15. The number of ether oxygens (including phenoxy) is 2. The molecule has 10 nitrogen and oxygen atoms in total. The second-order valence-corrected chi connectivity index (χ2v) is 7.15. The van der Waals surface area contributed by atoms with Crippen molar-refractivity contribution in [1.29, 1.82) is 0 Å². The lowest BCUT2D eigenvalue weighted by atomic mass is 10.1. The summed E-state index contributed by atoms with van der Waals surface area (Å²) in [6, 6.07) is 0. The van der Waals surface area contributed by atoms with Gasteiger partial charge in [-0.25, -0.2) is 0 Å². The molecule has 0 rings (SSSR count). The predicted octanol–water partition coefficient (Wildman–Crippen LogP) is 1.42. The van der Waals surface area contributed by atoms with Gasteiger partial charge in [-0.15, -0.1) is 0 Å². The van der Waals surface area contributed by atoms with Gasteiger partial charge in [0.1, 0.15) is 0 Å². The van der Waals surface area contributed by atoms with Crippen LogP contribution in [0.1, 0.15) is 72.6 Å². The molecule has 0 aromatic heterocycles. The monoisotopic (exact) mass is 456 g/mol. The van der Waals surface area contributed by atoms with Gasteiger partial charge in [0.2, 0.25) is 0 Å². The molecule has 0 spiro atoms. The number of rotatable bonds is 16. The molecule has 10 heteroatoms. The fraction of sp³-hybridized carbons (Fsp3) is 0.905. The summed E-state index contributed by atoms with van der Waals surface area (Å²) in [6.45, 7) is 8.26. The molecule has 0 fully saturated rings. The maximum Gasteiger partial charge on any atom is 0.303 e. The molecule has 0 saturated heterocycles. The van der Waals surface area contributed by atoms with Crippen molar-refractivity contribution in [1.82, 2.24) is 0 Å². The smallest absolute Gasteiger partial charge is 0.303 e. The van der Waals surface area contributed by atoms with Crippen LogP contribution in [0.2, 0.25) is 0 Å². The zero-order valence-electron chi connectivity index (χ0n) is 19.4. The molecule has 0 saturated carbocycles. The molecule has 0 aromatic rings. The van der Waals surface area contributed by atoms with Crippen LogP contribution in [0.5, 0.6) is 0 Å². The van der Waals surface area contributed by atoms with Crippen molar-refractivity contribution in [2.24, 2.45) is 0 Å². The van der Waals surface area contributed by atoms with E-state index in [0.717, 1.165) is 19.3 Å². The first-order valence-corrected chi connectivity index (χ1v) is 10.8. The number of carboxylic acid groups (broad SMARTS) is 2. The molecule has 0 amide bonds. The van der Waals surface area contributed by atoms with Crippen LogP contribution in [-0.2, 0) is 19.1 Å². The fourth-order valence-electron chi connectivity index (χ4n) is 1.70. The first-order chi connectivity index (χ1) is 14.5. The van der Waals surface area contributed by atoms with Gasteiger partial charge in [0.25, 0.3) is 0 Å². The van der Waals surface area contributed by atoms with Gasteiger partial charge in [-0.3, -0.25) is 9.59 Å². The molecule has 0 radical (unpaired) electrons. The Morgan fingerprint density at radius 3 is 1.52 bits per heavy atom. The highest BCUT2D eigenvalue weighted by Gasteiger charge is 2.06. The minimum Gasteiger partial charge on any atom is -0.481 e. The molecule has 6 N–H and O–H groups in total. The van der Waals surface area contributed by atoms with E-state index in [4.69, 9.17) is 35.0 Å². The molecule has 0 aromatic carbocycles. The average Bonchev–Trinajstić information content (AvgIpc) is 2.74. The van der Waals surface area contributed by atoms with Gasteiger partial charge < -0.3 is 40.1 Å². The Kier molecular flexibility index (Phi) is 27.6. The summed E-state index contributed by atoms with van der Waals surface area (Å²) in [6.07, 6.45) is 3.17. The summed E-state index contributed by atoms with van der Waals surface area (Å²) in [7, 11) is 0. The summed E-state index contributed by atoms with van der Waals surface area (Å²) in [5.74, 6) is -2.15. The van der Waals surface area contributed by atoms with E-state index >= 15 is 0 Å². The number of carbonyl (C=O) groups is 2. The summed E-state index contributed by atoms with van der Waals surface area (Å²) < 4.78 is 10.2. The molecule has 0 bridgehead atoms. The Bertz CT molecular complexity index is 382. The van der Waals surface area contributed by atoms with Gasteiger partial charge in [-0.2, -0.15) is 0 Å². The molecule has 4 unspecified atom stereocenters. The summed E-state index contributed by atoms with van der Waals surface area (Å²) in [5.41, 5.74) is 0. The lowest BCUT2D eigenvalue weighted by Crippen LogP contribution is -2.21. The normalized spacial score (nSPS) is 14.2. The molecule has 0 aliphatic heterocycles. The number of hydrogen-bond acceptors (Lipinski definition) is 8. The van der Waals surface area contributed by atoms with E-state index in [0.29, 0.717) is 19.6 Å². The predicted molar refractivity (Wildman–Crippen MR) is 116 cm³/mol. The minimum absolute atomic E-state index is 0.0104. The Hall–Kier alpha value is -1.30. The van der Waals surface area contributed by atoms with E-state index in [1.165, 1.54) is 6.42 Å². The summed E-state index contributed by atoms with van der Waals surface area (Å²) in [4.78, 5) is 19.3. The van der Waals surface area contributed by atoms with Crippen molar-refractivity contribution in [2.45, 2.75) is 97.1 Å². The van der Waals surface area contributed by atoms with Crippen LogP contribution < -0.4 is 0 Å². The van der Waals surface area contributed by atoms with Crippen LogP contribution in [-0.4, -0.2) is 93.4 Å². The third kappa shape index (κ3) is 33.5. The lowest BCUT2D eigenvalue weighted by Gasteiger charge is -2.14. The first-order valence-electron chi connectivity index (χ1n) is 10.8. The van der Waals surface area contributed by atoms with Gasteiger partial charge in [0.15, 0.2) is 0 Å². The van der Waals surface area contributed by atoms with Crippen LogP contribution in [0, 0.1) is 0 Å². The third-order valence-corrected chi connectivity index (χ3v) is 3.83. The van der Waals surface area contributed by atoms with Crippen LogP contribution in [0.15, 0.2) is 0 Å². The van der Waals surface area contributed by atoms with Crippen LogP contribution in [0.3, 0.4) is 0 Å². The Balaban J connectivity index is -0.000000392. The summed E-state index contributed by atoms with van der Waals surface area (Å²) in [5, 5.41) is 51.4.